The number of aromatic nitrogens is 1. The van der Waals surface area contributed by atoms with Crippen LogP contribution in [-0.2, 0) is 10.8 Å². The molecule has 1 fully saturated rings. The maximum atomic E-state index is 14.5. The fourth-order valence-corrected chi connectivity index (χ4v) is 4.63. The van der Waals surface area contributed by atoms with Gasteiger partial charge in [-0.2, -0.15) is 0 Å². The molecule has 0 aliphatic carbocycles. The average molecular weight is 451 g/mol. The van der Waals surface area contributed by atoms with E-state index in [1.807, 2.05) is 12.1 Å². The topological polar surface area (TPSA) is 77.8 Å². The number of piperidine rings is 1. The quantitative estimate of drug-likeness (QED) is 0.574. The predicted molar refractivity (Wildman–Crippen MR) is 119 cm³/mol. The number of rotatable bonds is 5. The van der Waals surface area contributed by atoms with Crippen molar-refractivity contribution in [3.63, 3.8) is 0 Å². The first-order valence-corrected chi connectivity index (χ1v) is 11.7. The minimum atomic E-state index is -1.23. The molecule has 1 saturated heterocycles. The summed E-state index contributed by atoms with van der Waals surface area (Å²) in [5, 5.41) is 0.880. The van der Waals surface area contributed by atoms with Gasteiger partial charge in [0.1, 0.15) is 17.2 Å². The molecule has 3 heterocycles. The van der Waals surface area contributed by atoms with E-state index in [1.54, 1.807) is 32.2 Å². The number of hydrogen-bond donors (Lipinski definition) is 0. The van der Waals surface area contributed by atoms with Crippen LogP contribution in [-0.4, -0.2) is 51.1 Å². The molecule has 0 radical (unpaired) electrons. The number of nitrogens with zero attached hydrogens (tertiary/aromatic N) is 2. The molecule has 0 amide bonds. The van der Waals surface area contributed by atoms with Gasteiger partial charge in [0, 0.05) is 45.4 Å². The molecule has 31 heavy (non-hydrogen) atoms. The molecule has 4 rings (SSSR count). The Balaban J connectivity index is 0.00000272. The van der Waals surface area contributed by atoms with E-state index in [0.29, 0.717) is 28.3 Å². The summed E-state index contributed by atoms with van der Waals surface area (Å²) in [6.07, 6.45) is 4.98. The summed E-state index contributed by atoms with van der Waals surface area (Å²) in [7, 11) is -1.23. The number of halogens is 2. The molecule has 8 heteroatoms. The lowest BCUT2D eigenvalue weighted by molar-refractivity contribution is 0.103. The molecule has 2 N–H and O–H groups in total. The highest BCUT2D eigenvalue weighted by molar-refractivity contribution is 7.84. The Bertz CT molecular complexity index is 1090. The molecule has 0 saturated carbocycles. The van der Waals surface area contributed by atoms with Gasteiger partial charge in [-0.1, -0.05) is 0 Å². The van der Waals surface area contributed by atoms with Crippen LogP contribution < -0.4 is 0 Å². The first kappa shape index (κ1) is 23.5. The van der Waals surface area contributed by atoms with Crippen molar-refractivity contribution in [3.8, 4) is 11.3 Å². The van der Waals surface area contributed by atoms with Gasteiger partial charge in [0.05, 0.1) is 11.9 Å². The van der Waals surface area contributed by atoms with E-state index < -0.39 is 22.3 Å². The SMILES string of the molecule is CS(=O)c1ccc(-c2cc3cc(C4CCN(CC(C)(C)F)CC4)oc3cn2)c(F)c1.O. The van der Waals surface area contributed by atoms with Crippen molar-refractivity contribution < 1.29 is 22.9 Å². The Morgan fingerprint density at radius 1 is 1.23 bits per heavy atom. The van der Waals surface area contributed by atoms with Crippen molar-refractivity contribution in [2.45, 2.75) is 43.2 Å². The lowest BCUT2D eigenvalue weighted by Crippen LogP contribution is -2.40. The molecule has 1 aromatic carbocycles. The number of hydrogen-bond acceptors (Lipinski definition) is 4. The van der Waals surface area contributed by atoms with E-state index in [9.17, 15) is 13.0 Å². The van der Waals surface area contributed by atoms with E-state index in [0.717, 1.165) is 37.1 Å². The molecule has 1 aliphatic heterocycles. The van der Waals surface area contributed by atoms with Gasteiger partial charge in [0.2, 0.25) is 0 Å². The summed E-state index contributed by atoms with van der Waals surface area (Å²) in [5.74, 6) is 0.747. The number of furan rings is 1. The first-order valence-electron chi connectivity index (χ1n) is 10.1. The molecule has 1 aliphatic rings. The molecule has 2 aromatic heterocycles. The Morgan fingerprint density at radius 2 is 1.94 bits per heavy atom. The summed E-state index contributed by atoms with van der Waals surface area (Å²) < 4.78 is 46.0. The van der Waals surface area contributed by atoms with Crippen LogP contribution in [0.5, 0.6) is 0 Å². The molecule has 1 atom stereocenters. The summed E-state index contributed by atoms with van der Waals surface area (Å²) in [6.45, 7) is 5.36. The van der Waals surface area contributed by atoms with Crippen molar-refractivity contribution in [1.29, 1.82) is 0 Å². The number of benzene rings is 1. The van der Waals surface area contributed by atoms with Gasteiger partial charge >= 0.3 is 0 Å². The van der Waals surface area contributed by atoms with Crippen LogP contribution in [0.3, 0.4) is 0 Å². The molecule has 1 unspecified atom stereocenters. The van der Waals surface area contributed by atoms with Crippen molar-refractivity contribution in [2.75, 3.05) is 25.9 Å². The van der Waals surface area contributed by atoms with E-state index in [-0.39, 0.29) is 11.4 Å². The van der Waals surface area contributed by atoms with Gasteiger partial charge in [0.15, 0.2) is 5.58 Å². The zero-order valence-electron chi connectivity index (χ0n) is 18.0. The van der Waals surface area contributed by atoms with Crippen LogP contribution in [0.15, 0.2) is 45.8 Å². The minimum Gasteiger partial charge on any atom is -0.459 e. The average Bonchev–Trinajstić information content (AvgIpc) is 3.10. The molecular weight excluding hydrogens is 422 g/mol. The summed E-state index contributed by atoms with van der Waals surface area (Å²) in [5.41, 5.74) is 0.373. The fraction of sp³-hybridized carbons (Fsp3) is 0.435. The Morgan fingerprint density at radius 3 is 2.55 bits per heavy atom. The monoisotopic (exact) mass is 450 g/mol. The number of likely N-dealkylation sites (tertiary alicyclic amines) is 1. The van der Waals surface area contributed by atoms with Crippen molar-refractivity contribution >= 4 is 21.8 Å². The Hall–Kier alpha value is -2.16. The third-order valence-electron chi connectivity index (χ3n) is 5.56. The maximum Gasteiger partial charge on any atom is 0.152 e. The summed E-state index contributed by atoms with van der Waals surface area (Å²) >= 11 is 0. The third kappa shape index (κ3) is 5.37. The highest BCUT2D eigenvalue weighted by atomic mass is 32.2. The molecule has 168 valence electrons. The minimum absolute atomic E-state index is 0. The zero-order chi connectivity index (χ0) is 21.5. The van der Waals surface area contributed by atoms with E-state index >= 15 is 0 Å². The van der Waals surface area contributed by atoms with Crippen LogP contribution in [0.1, 0.15) is 38.4 Å². The molecule has 5 nitrogen and oxygen atoms in total. The second kappa shape index (κ2) is 9.14. The normalized spacial score (nSPS) is 16.9. The molecule has 0 spiro atoms. The van der Waals surface area contributed by atoms with Gasteiger partial charge in [-0.3, -0.25) is 9.19 Å². The zero-order valence-corrected chi connectivity index (χ0v) is 18.8. The van der Waals surface area contributed by atoms with Gasteiger partial charge in [-0.15, -0.1) is 0 Å². The fourth-order valence-electron chi connectivity index (χ4n) is 4.10. The van der Waals surface area contributed by atoms with Crippen molar-refractivity contribution in [2.24, 2.45) is 0 Å². The number of alkyl halides is 1. The largest absolute Gasteiger partial charge is 0.459 e. The lowest BCUT2D eigenvalue weighted by atomic mass is 9.93. The van der Waals surface area contributed by atoms with Crippen molar-refractivity contribution in [3.05, 3.63) is 48.1 Å². The van der Waals surface area contributed by atoms with E-state index in [1.165, 1.54) is 12.3 Å². The highest BCUT2D eigenvalue weighted by Gasteiger charge is 2.27. The second-order valence-electron chi connectivity index (χ2n) is 8.62. The summed E-state index contributed by atoms with van der Waals surface area (Å²) in [4.78, 5) is 6.97. The first-order chi connectivity index (χ1) is 14.2. The predicted octanol–water partition coefficient (Wildman–Crippen LogP) is 4.47. The number of fused-ring (bicyclic) bond motifs is 1. The second-order valence-corrected chi connectivity index (χ2v) is 10.0. The Kier molecular flexibility index (Phi) is 6.93. The van der Waals surface area contributed by atoms with Gasteiger partial charge in [0.25, 0.3) is 0 Å². The smallest absolute Gasteiger partial charge is 0.152 e. The van der Waals surface area contributed by atoms with E-state index in [4.69, 9.17) is 4.42 Å². The standard InChI is InChI=1S/C23H26F2N2O2S.H2O/c1-23(2,25)14-27-8-6-15(7-9-27)21-11-16-10-20(26-13-22(16)29-21)18-5-4-17(30(3)28)12-19(18)24;/h4-5,10-13,15H,6-9,14H2,1-3H3;1H2. The summed E-state index contributed by atoms with van der Waals surface area (Å²) in [6, 6.07) is 8.40. The van der Waals surface area contributed by atoms with Crippen LogP contribution in [0, 0.1) is 5.82 Å². The molecule has 3 aromatic rings. The van der Waals surface area contributed by atoms with Crippen molar-refractivity contribution in [1.82, 2.24) is 9.88 Å². The van der Waals surface area contributed by atoms with Crippen LogP contribution >= 0.6 is 0 Å². The Labute approximate surface area is 183 Å². The third-order valence-corrected chi connectivity index (χ3v) is 6.48. The lowest BCUT2D eigenvalue weighted by Gasteiger charge is -2.33. The van der Waals surface area contributed by atoms with Crippen LogP contribution in [0.4, 0.5) is 8.78 Å². The van der Waals surface area contributed by atoms with E-state index in [2.05, 4.69) is 9.88 Å². The van der Waals surface area contributed by atoms with Gasteiger partial charge < -0.3 is 14.8 Å². The molecular formula is C23H28F2N2O3S. The van der Waals surface area contributed by atoms with Gasteiger partial charge in [-0.25, -0.2) is 8.78 Å². The van der Waals surface area contributed by atoms with Crippen LogP contribution in [0.2, 0.25) is 0 Å². The number of pyridine rings is 1. The van der Waals surface area contributed by atoms with Crippen LogP contribution in [0.25, 0.3) is 22.2 Å². The molecule has 0 bridgehead atoms. The maximum absolute atomic E-state index is 14.5. The highest BCUT2D eigenvalue weighted by Crippen LogP contribution is 2.34. The van der Waals surface area contributed by atoms with Gasteiger partial charge in [-0.05, 0) is 70.1 Å².